The summed E-state index contributed by atoms with van der Waals surface area (Å²) in [5, 5.41) is 5.58. The molecule has 0 spiro atoms. The van der Waals surface area contributed by atoms with Crippen molar-refractivity contribution >= 4 is 27.3 Å². The molecule has 19 heavy (non-hydrogen) atoms. The van der Waals surface area contributed by atoms with Crippen LogP contribution < -0.4 is 5.32 Å². The second-order valence-corrected chi connectivity index (χ2v) is 6.69. The lowest BCUT2D eigenvalue weighted by molar-refractivity contribution is 0.407. The highest BCUT2D eigenvalue weighted by Crippen LogP contribution is 2.42. The Bertz CT molecular complexity index is 552. The molecule has 1 nitrogen and oxygen atoms in total. The first-order valence-electron chi connectivity index (χ1n) is 6.45. The number of halogens is 2. The summed E-state index contributed by atoms with van der Waals surface area (Å²) in [5.41, 5.74) is 1.22. The zero-order valence-corrected chi connectivity index (χ0v) is 12.8. The summed E-state index contributed by atoms with van der Waals surface area (Å²) < 4.78 is 14.3. The second-order valence-electron chi connectivity index (χ2n) is 4.89. The van der Waals surface area contributed by atoms with Crippen LogP contribution in [0.3, 0.4) is 0 Å². The quantitative estimate of drug-likeness (QED) is 0.848. The summed E-state index contributed by atoms with van der Waals surface area (Å²) in [4.78, 5) is 1.41. The first-order chi connectivity index (χ1) is 9.25. The maximum absolute atomic E-state index is 13.1. The molecule has 2 atom stereocenters. The van der Waals surface area contributed by atoms with Crippen molar-refractivity contribution < 1.29 is 4.39 Å². The third-order valence-corrected chi connectivity index (χ3v) is 5.76. The fourth-order valence-electron chi connectivity index (χ4n) is 2.80. The molecule has 0 saturated carbocycles. The third-order valence-electron chi connectivity index (χ3n) is 3.76. The molecule has 1 fully saturated rings. The van der Waals surface area contributed by atoms with Crippen molar-refractivity contribution in [3.05, 3.63) is 56.4 Å². The highest BCUT2D eigenvalue weighted by atomic mass is 79.9. The molecular weight excluding hydrogens is 325 g/mol. The van der Waals surface area contributed by atoms with Crippen LogP contribution in [0.2, 0.25) is 0 Å². The van der Waals surface area contributed by atoms with Gasteiger partial charge in [-0.15, -0.1) is 11.3 Å². The van der Waals surface area contributed by atoms with E-state index >= 15 is 0 Å². The van der Waals surface area contributed by atoms with Crippen LogP contribution in [0.4, 0.5) is 4.39 Å². The number of hydrogen-bond donors (Lipinski definition) is 1. The maximum Gasteiger partial charge on any atom is 0.123 e. The summed E-state index contributed by atoms with van der Waals surface area (Å²) in [5.74, 6) is 0.770. The SMILES string of the molecule is Fc1ccc(C2CNCCC2c2sccc2Br)cc1. The van der Waals surface area contributed by atoms with Crippen LogP contribution >= 0.6 is 27.3 Å². The fourth-order valence-corrected chi connectivity index (χ4v) is 4.67. The van der Waals surface area contributed by atoms with E-state index in [9.17, 15) is 4.39 Å². The largest absolute Gasteiger partial charge is 0.316 e. The molecule has 0 amide bonds. The van der Waals surface area contributed by atoms with Crippen molar-refractivity contribution in [2.75, 3.05) is 13.1 Å². The molecule has 1 aliphatic heterocycles. The van der Waals surface area contributed by atoms with Crippen LogP contribution in [0.1, 0.15) is 28.7 Å². The molecule has 1 N–H and O–H groups in total. The summed E-state index contributed by atoms with van der Waals surface area (Å²) in [7, 11) is 0. The number of nitrogens with one attached hydrogen (secondary N) is 1. The van der Waals surface area contributed by atoms with Gasteiger partial charge in [-0.2, -0.15) is 0 Å². The van der Waals surface area contributed by atoms with E-state index < -0.39 is 0 Å². The highest BCUT2D eigenvalue weighted by Gasteiger charge is 2.29. The zero-order chi connectivity index (χ0) is 13.2. The normalized spacial score (nSPS) is 23.5. The van der Waals surface area contributed by atoms with E-state index in [1.165, 1.54) is 14.9 Å². The van der Waals surface area contributed by atoms with Crippen molar-refractivity contribution in [3.8, 4) is 0 Å². The smallest absolute Gasteiger partial charge is 0.123 e. The van der Waals surface area contributed by atoms with E-state index in [4.69, 9.17) is 0 Å². The number of benzene rings is 1. The minimum atomic E-state index is -0.165. The molecule has 1 aromatic heterocycles. The highest BCUT2D eigenvalue weighted by molar-refractivity contribution is 9.10. The van der Waals surface area contributed by atoms with E-state index in [-0.39, 0.29) is 5.82 Å². The molecule has 0 radical (unpaired) electrons. The number of piperidine rings is 1. The first-order valence-corrected chi connectivity index (χ1v) is 8.12. The van der Waals surface area contributed by atoms with Gasteiger partial charge in [0.2, 0.25) is 0 Å². The molecule has 0 aliphatic carbocycles. The average Bonchev–Trinajstić information content (AvgIpc) is 2.86. The molecule has 0 bridgehead atoms. The predicted octanol–water partition coefficient (Wildman–Crippen LogP) is 4.51. The predicted molar refractivity (Wildman–Crippen MR) is 81.4 cm³/mol. The maximum atomic E-state index is 13.1. The standard InChI is InChI=1S/C15H15BrFNS/c16-14-6-8-19-15(14)12-5-7-18-9-13(12)10-1-3-11(17)4-2-10/h1-4,6,8,12-13,18H,5,7,9H2. The molecular formula is C15H15BrFNS. The molecule has 2 heterocycles. The number of thiophene rings is 1. The fraction of sp³-hybridized carbons (Fsp3) is 0.333. The molecule has 2 unspecified atom stereocenters. The molecule has 100 valence electrons. The van der Waals surface area contributed by atoms with E-state index in [1.807, 2.05) is 23.5 Å². The van der Waals surface area contributed by atoms with Gasteiger partial charge >= 0.3 is 0 Å². The Balaban J connectivity index is 1.93. The number of rotatable bonds is 2. The van der Waals surface area contributed by atoms with Crippen LogP contribution in [0, 0.1) is 5.82 Å². The summed E-state index contributed by atoms with van der Waals surface area (Å²) in [6.07, 6.45) is 1.13. The van der Waals surface area contributed by atoms with Crippen molar-refractivity contribution in [3.63, 3.8) is 0 Å². The Morgan fingerprint density at radius 3 is 2.63 bits per heavy atom. The van der Waals surface area contributed by atoms with Crippen LogP contribution in [-0.4, -0.2) is 13.1 Å². The van der Waals surface area contributed by atoms with Gasteiger partial charge in [-0.1, -0.05) is 12.1 Å². The van der Waals surface area contributed by atoms with Crippen LogP contribution in [0.5, 0.6) is 0 Å². The lowest BCUT2D eigenvalue weighted by Gasteiger charge is -2.32. The van der Waals surface area contributed by atoms with E-state index in [2.05, 4.69) is 32.7 Å². The molecule has 1 aromatic carbocycles. The third kappa shape index (κ3) is 2.76. The lowest BCUT2D eigenvalue weighted by atomic mass is 9.80. The molecule has 2 aromatic rings. The van der Waals surface area contributed by atoms with Crippen molar-refractivity contribution in [2.24, 2.45) is 0 Å². The van der Waals surface area contributed by atoms with Gasteiger partial charge < -0.3 is 5.32 Å². The van der Waals surface area contributed by atoms with Gasteiger partial charge in [0, 0.05) is 27.7 Å². The minimum absolute atomic E-state index is 0.165. The Morgan fingerprint density at radius 2 is 1.95 bits per heavy atom. The Kier molecular flexibility index (Phi) is 4.01. The van der Waals surface area contributed by atoms with Crippen LogP contribution in [0.25, 0.3) is 0 Å². The van der Waals surface area contributed by atoms with Gasteiger partial charge in [0.15, 0.2) is 0 Å². The van der Waals surface area contributed by atoms with Gasteiger partial charge in [-0.05, 0) is 58.0 Å². The lowest BCUT2D eigenvalue weighted by Crippen LogP contribution is -2.33. The summed E-state index contributed by atoms with van der Waals surface area (Å²) >= 11 is 5.45. The summed E-state index contributed by atoms with van der Waals surface area (Å²) in [6, 6.07) is 9.07. The van der Waals surface area contributed by atoms with E-state index in [0.29, 0.717) is 11.8 Å². The van der Waals surface area contributed by atoms with Crippen molar-refractivity contribution in [2.45, 2.75) is 18.3 Å². The number of hydrogen-bond acceptors (Lipinski definition) is 2. The zero-order valence-electron chi connectivity index (χ0n) is 10.4. The second kappa shape index (κ2) is 5.73. The monoisotopic (exact) mass is 339 g/mol. The van der Waals surface area contributed by atoms with Crippen LogP contribution in [0.15, 0.2) is 40.2 Å². The van der Waals surface area contributed by atoms with Gasteiger partial charge in [-0.25, -0.2) is 4.39 Å². The molecule has 1 saturated heterocycles. The Hall–Kier alpha value is -0.710. The van der Waals surface area contributed by atoms with Gasteiger partial charge in [0.1, 0.15) is 5.82 Å². The van der Waals surface area contributed by atoms with E-state index in [1.54, 1.807) is 12.1 Å². The van der Waals surface area contributed by atoms with Gasteiger partial charge in [-0.3, -0.25) is 0 Å². The Morgan fingerprint density at radius 1 is 1.16 bits per heavy atom. The van der Waals surface area contributed by atoms with Gasteiger partial charge in [0.25, 0.3) is 0 Å². The topological polar surface area (TPSA) is 12.0 Å². The molecule has 3 rings (SSSR count). The van der Waals surface area contributed by atoms with Gasteiger partial charge in [0.05, 0.1) is 0 Å². The minimum Gasteiger partial charge on any atom is -0.316 e. The average molecular weight is 340 g/mol. The molecule has 4 heteroatoms. The van der Waals surface area contributed by atoms with E-state index in [0.717, 1.165) is 19.5 Å². The van der Waals surface area contributed by atoms with Crippen LogP contribution in [-0.2, 0) is 0 Å². The van der Waals surface area contributed by atoms with Crippen molar-refractivity contribution in [1.82, 2.24) is 5.32 Å². The first kappa shape index (κ1) is 13.3. The van der Waals surface area contributed by atoms with Crippen molar-refractivity contribution in [1.29, 1.82) is 0 Å². The Labute approximate surface area is 125 Å². The molecule has 1 aliphatic rings. The summed E-state index contributed by atoms with van der Waals surface area (Å²) in [6.45, 7) is 2.01.